The lowest BCUT2D eigenvalue weighted by Gasteiger charge is -2.02. The van der Waals surface area contributed by atoms with E-state index < -0.39 is 0 Å². The topological polar surface area (TPSA) is 47.6 Å². The Labute approximate surface area is 100 Å². The fourth-order valence-electron chi connectivity index (χ4n) is 1.70. The first-order valence-electron chi connectivity index (χ1n) is 5.47. The van der Waals surface area contributed by atoms with E-state index >= 15 is 0 Å². The van der Waals surface area contributed by atoms with Gasteiger partial charge in [0.15, 0.2) is 0 Å². The Morgan fingerprint density at radius 1 is 1.44 bits per heavy atom. The highest BCUT2D eigenvalue weighted by Crippen LogP contribution is 2.21. The smallest absolute Gasteiger partial charge is 0.218 e. The molecule has 86 valence electrons. The van der Waals surface area contributed by atoms with Crippen LogP contribution in [0.15, 0.2) is 29.3 Å². The van der Waals surface area contributed by atoms with E-state index in [-0.39, 0.29) is 6.04 Å². The lowest BCUT2D eigenvalue weighted by Crippen LogP contribution is -2.09. The van der Waals surface area contributed by atoms with Gasteiger partial charge >= 0.3 is 0 Å². The highest BCUT2D eigenvalue weighted by atomic mass is 35.5. The molecule has 1 heterocycles. The normalized spacial score (nSPS) is 19.4. The van der Waals surface area contributed by atoms with Crippen LogP contribution in [0.1, 0.15) is 18.4 Å². The Balaban J connectivity index is 2.09. The molecule has 0 fully saturated rings. The molecule has 1 aromatic carbocycles. The van der Waals surface area contributed by atoms with Crippen molar-refractivity contribution in [3.8, 4) is 0 Å². The van der Waals surface area contributed by atoms with Gasteiger partial charge < -0.3 is 10.5 Å². The summed E-state index contributed by atoms with van der Waals surface area (Å²) in [5, 5.41) is 0.681. The average molecular weight is 239 g/mol. The van der Waals surface area contributed by atoms with Crippen LogP contribution >= 0.6 is 11.6 Å². The largest absolute Gasteiger partial charge is 0.475 e. The first kappa shape index (κ1) is 11.4. The van der Waals surface area contributed by atoms with Crippen LogP contribution in [0.5, 0.6) is 0 Å². The summed E-state index contributed by atoms with van der Waals surface area (Å²) in [5.41, 5.74) is 6.34. The van der Waals surface area contributed by atoms with E-state index in [2.05, 4.69) is 4.99 Å². The van der Waals surface area contributed by atoms with E-state index in [1.165, 1.54) is 0 Å². The SMILES string of the molecule is NCCCC1COC(c2ccccc2Cl)=N1. The molecule has 16 heavy (non-hydrogen) atoms. The highest BCUT2D eigenvalue weighted by molar-refractivity contribution is 6.33. The van der Waals surface area contributed by atoms with Crippen molar-refractivity contribution >= 4 is 17.5 Å². The molecule has 0 bridgehead atoms. The van der Waals surface area contributed by atoms with E-state index in [9.17, 15) is 0 Å². The zero-order valence-electron chi connectivity index (χ0n) is 9.03. The third kappa shape index (κ3) is 2.54. The van der Waals surface area contributed by atoms with Gasteiger partial charge in [-0.05, 0) is 31.5 Å². The number of rotatable bonds is 4. The fourth-order valence-corrected chi connectivity index (χ4v) is 1.92. The zero-order chi connectivity index (χ0) is 11.4. The molecular formula is C12H15ClN2O. The summed E-state index contributed by atoms with van der Waals surface area (Å²) in [6.45, 7) is 1.34. The van der Waals surface area contributed by atoms with E-state index in [0.29, 0.717) is 24.1 Å². The monoisotopic (exact) mass is 238 g/mol. The molecule has 0 spiro atoms. The molecule has 4 heteroatoms. The second-order valence-corrected chi connectivity index (χ2v) is 4.22. The molecule has 1 aliphatic rings. The minimum atomic E-state index is 0.231. The van der Waals surface area contributed by atoms with Crippen molar-refractivity contribution in [3.63, 3.8) is 0 Å². The molecule has 0 saturated carbocycles. The van der Waals surface area contributed by atoms with Crippen LogP contribution in [-0.4, -0.2) is 25.1 Å². The van der Waals surface area contributed by atoms with Gasteiger partial charge in [0.05, 0.1) is 16.6 Å². The molecule has 0 aliphatic carbocycles. The van der Waals surface area contributed by atoms with E-state index in [1.54, 1.807) is 0 Å². The van der Waals surface area contributed by atoms with Crippen molar-refractivity contribution in [2.45, 2.75) is 18.9 Å². The maximum Gasteiger partial charge on any atom is 0.218 e. The first-order valence-corrected chi connectivity index (χ1v) is 5.84. The van der Waals surface area contributed by atoms with Gasteiger partial charge in [-0.15, -0.1) is 0 Å². The van der Waals surface area contributed by atoms with Gasteiger partial charge in [0.2, 0.25) is 5.90 Å². The molecule has 1 atom stereocenters. The zero-order valence-corrected chi connectivity index (χ0v) is 9.78. The van der Waals surface area contributed by atoms with Crippen molar-refractivity contribution in [1.29, 1.82) is 0 Å². The standard InChI is InChI=1S/C12H15ClN2O/c13-11-6-2-1-5-10(11)12-15-9(8-16-12)4-3-7-14/h1-2,5-6,9H,3-4,7-8,14H2. The summed E-state index contributed by atoms with van der Waals surface area (Å²) in [5.74, 6) is 0.660. The summed E-state index contributed by atoms with van der Waals surface area (Å²) < 4.78 is 5.55. The number of halogens is 1. The Bertz CT molecular complexity index is 392. The third-order valence-electron chi connectivity index (χ3n) is 2.56. The predicted octanol–water partition coefficient (Wildman–Crippen LogP) is 2.22. The highest BCUT2D eigenvalue weighted by Gasteiger charge is 2.20. The molecule has 0 saturated heterocycles. The van der Waals surface area contributed by atoms with Crippen molar-refractivity contribution < 1.29 is 4.74 Å². The first-order chi connectivity index (χ1) is 7.81. The Hall–Kier alpha value is -1.06. The molecule has 0 aromatic heterocycles. The fraction of sp³-hybridized carbons (Fsp3) is 0.417. The van der Waals surface area contributed by atoms with Crippen LogP contribution in [0.2, 0.25) is 5.02 Å². The number of hydrogen-bond donors (Lipinski definition) is 1. The summed E-state index contributed by atoms with van der Waals surface area (Å²) >= 11 is 6.08. The maximum absolute atomic E-state index is 6.08. The van der Waals surface area contributed by atoms with Gasteiger partial charge in [0, 0.05) is 0 Å². The second kappa shape index (κ2) is 5.32. The third-order valence-corrected chi connectivity index (χ3v) is 2.89. The quantitative estimate of drug-likeness (QED) is 0.875. The molecule has 1 aliphatic heterocycles. The van der Waals surface area contributed by atoms with Gasteiger partial charge in [-0.3, -0.25) is 0 Å². The van der Waals surface area contributed by atoms with E-state index in [4.69, 9.17) is 22.1 Å². The maximum atomic E-state index is 6.08. The summed E-state index contributed by atoms with van der Waals surface area (Å²) in [7, 11) is 0. The van der Waals surface area contributed by atoms with Gasteiger partial charge in [-0.2, -0.15) is 0 Å². The number of hydrogen-bond acceptors (Lipinski definition) is 3. The Kier molecular flexibility index (Phi) is 3.80. The molecule has 1 unspecified atom stereocenters. The summed E-state index contributed by atoms with van der Waals surface area (Å²) in [6, 6.07) is 7.82. The number of ether oxygens (including phenoxy) is 1. The van der Waals surface area contributed by atoms with Crippen molar-refractivity contribution in [1.82, 2.24) is 0 Å². The second-order valence-electron chi connectivity index (χ2n) is 3.81. The predicted molar refractivity (Wildman–Crippen MR) is 66.0 cm³/mol. The van der Waals surface area contributed by atoms with Gasteiger partial charge in [-0.1, -0.05) is 23.7 Å². The molecule has 0 amide bonds. The minimum absolute atomic E-state index is 0.231. The Morgan fingerprint density at radius 2 is 2.25 bits per heavy atom. The van der Waals surface area contributed by atoms with Crippen LogP contribution in [0.3, 0.4) is 0 Å². The average Bonchev–Trinajstić information content (AvgIpc) is 2.75. The minimum Gasteiger partial charge on any atom is -0.475 e. The van der Waals surface area contributed by atoms with Crippen LogP contribution in [0, 0.1) is 0 Å². The lowest BCUT2D eigenvalue weighted by molar-refractivity contribution is 0.311. The van der Waals surface area contributed by atoms with E-state index in [1.807, 2.05) is 24.3 Å². The van der Waals surface area contributed by atoms with Crippen LogP contribution < -0.4 is 5.73 Å². The summed E-state index contributed by atoms with van der Waals surface area (Å²) in [6.07, 6.45) is 1.96. The van der Waals surface area contributed by atoms with Crippen molar-refractivity contribution in [2.75, 3.05) is 13.2 Å². The van der Waals surface area contributed by atoms with Crippen molar-refractivity contribution in [3.05, 3.63) is 34.9 Å². The molecule has 1 aromatic rings. The molecule has 2 N–H and O–H groups in total. The molecule has 3 nitrogen and oxygen atoms in total. The van der Waals surface area contributed by atoms with Crippen molar-refractivity contribution in [2.24, 2.45) is 10.7 Å². The Morgan fingerprint density at radius 3 is 3.00 bits per heavy atom. The van der Waals surface area contributed by atoms with Crippen LogP contribution in [0.25, 0.3) is 0 Å². The van der Waals surface area contributed by atoms with Gasteiger partial charge in [0.1, 0.15) is 6.61 Å². The lowest BCUT2D eigenvalue weighted by atomic mass is 10.2. The van der Waals surface area contributed by atoms with Crippen LogP contribution in [0.4, 0.5) is 0 Å². The molecule has 0 radical (unpaired) electrons. The number of benzene rings is 1. The van der Waals surface area contributed by atoms with Crippen LogP contribution in [-0.2, 0) is 4.74 Å². The van der Waals surface area contributed by atoms with Gasteiger partial charge in [0.25, 0.3) is 0 Å². The molecule has 2 rings (SSSR count). The van der Waals surface area contributed by atoms with E-state index in [0.717, 1.165) is 18.4 Å². The van der Waals surface area contributed by atoms with Gasteiger partial charge in [-0.25, -0.2) is 4.99 Å². The molecular weight excluding hydrogens is 224 g/mol. The number of nitrogens with two attached hydrogens (primary N) is 1. The number of aliphatic imine (C=N–C) groups is 1. The summed E-state index contributed by atoms with van der Waals surface area (Å²) in [4.78, 5) is 4.51. The number of nitrogens with zero attached hydrogens (tertiary/aromatic N) is 1.